The van der Waals surface area contributed by atoms with E-state index in [9.17, 15) is 9.59 Å². The SMILES string of the molecule is CC(NC(=O)C(C)(C)Br)c1ccc2[nH]c(=O)[nH]c2c1. The molecule has 0 saturated heterocycles. The molecule has 1 unspecified atom stereocenters. The second-order valence-corrected chi connectivity index (χ2v) is 7.03. The van der Waals surface area contributed by atoms with Crippen molar-refractivity contribution in [2.45, 2.75) is 31.1 Å². The number of halogens is 1. The lowest BCUT2D eigenvalue weighted by Gasteiger charge is -2.20. The Morgan fingerprint density at radius 3 is 2.58 bits per heavy atom. The summed E-state index contributed by atoms with van der Waals surface area (Å²) in [6.07, 6.45) is 0. The monoisotopic (exact) mass is 325 g/mol. The highest BCUT2D eigenvalue weighted by Crippen LogP contribution is 2.20. The van der Waals surface area contributed by atoms with Gasteiger partial charge in [-0.15, -0.1) is 0 Å². The third-order valence-electron chi connectivity index (χ3n) is 2.93. The molecule has 0 spiro atoms. The molecule has 102 valence electrons. The van der Waals surface area contributed by atoms with E-state index in [1.807, 2.05) is 25.1 Å². The second-order valence-electron chi connectivity index (χ2n) is 5.05. The zero-order valence-electron chi connectivity index (χ0n) is 11.0. The van der Waals surface area contributed by atoms with Gasteiger partial charge in [-0.05, 0) is 38.5 Å². The van der Waals surface area contributed by atoms with Gasteiger partial charge in [0.25, 0.3) is 0 Å². The summed E-state index contributed by atoms with van der Waals surface area (Å²) in [4.78, 5) is 28.5. The van der Waals surface area contributed by atoms with Gasteiger partial charge in [0.05, 0.1) is 21.4 Å². The van der Waals surface area contributed by atoms with Gasteiger partial charge in [0.1, 0.15) is 0 Å². The van der Waals surface area contributed by atoms with Crippen molar-refractivity contribution in [3.8, 4) is 0 Å². The normalized spacial score (nSPS) is 13.5. The molecule has 0 aliphatic carbocycles. The number of fused-ring (bicyclic) bond motifs is 1. The molecule has 1 atom stereocenters. The van der Waals surface area contributed by atoms with Crippen LogP contribution in [-0.2, 0) is 4.79 Å². The number of aromatic nitrogens is 2. The summed E-state index contributed by atoms with van der Waals surface area (Å²) in [7, 11) is 0. The van der Waals surface area contributed by atoms with Crippen LogP contribution in [0.15, 0.2) is 23.0 Å². The first-order valence-corrected chi connectivity index (χ1v) is 6.78. The zero-order valence-corrected chi connectivity index (χ0v) is 12.6. The van der Waals surface area contributed by atoms with Crippen molar-refractivity contribution in [2.75, 3.05) is 0 Å². The van der Waals surface area contributed by atoms with Crippen LogP contribution in [0.5, 0.6) is 0 Å². The molecule has 0 aliphatic heterocycles. The predicted octanol–water partition coefficient (Wildman–Crippen LogP) is 2.21. The van der Waals surface area contributed by atoms with E-state index < -0.39 is 4.32 Å². The number of carbonyl (C=O) groups is 1. The van der Waals surface area contributed by atoms with Crippen LogP contribution in [0.25, 0.3) is 11.0 Å². The Morgan fingerprint density at radius 1 is 1.32 bits per heavy atom. The summed E-state index contributed by atoms with van der Waals surface area (Å²) in [5.41, 5.74) is 2.20. The Labute approximate surface area is 118 Å². The van der Waals surface area contributed by atoms with Gasteiger partial charge < -0.3 is 15.3 Å². The van der Waals surface area contributed by atoms with Gasteiger partial charge in [0.15, 0.2) is 0 Å². The fourth-order valence-electron chi connectivity index (χ4n) is 1.77. The summed E-state index contributed by atoms with van der Waals surface area (Å²) in [5, 5.41) is 2.92. The number of rotatable bonds is 3. The number of alkyl halides is 1. The number of benzene rings is 1. The van der Waals surface area contributed by atoms with Crippen LogP contribution < -0.4 is 11.0 Å². The van der Waals surface area contributed by atoms with Gasteiger partial charge in [-0.2, -0.15) is 0 Å². The molecular formula is C13H16BrN3O2. The summed E-state index contributed by atoms with van der Waals surface area (Å²) in [6, 6.07) is 5.44. The molecule has 3 N–H and O–H groups in total. The topological polar surface area (TPSA) is 77.8 Å². The highest BCUT2D eigenvalue weighted by Gasteiger charge is 2.25. The lowest BCUT2D eigenvalue weighted by atomic mass is 10.1. The molecule has 1 heterocycles. The van der Waals surface area contributed by atoms with Crippen LogP contribution in [0.3, 0.4) is 0 Å². The van der Waals surface area contributed by atoms with Gasteiger partial charge in [-0.1, -0.05) is 22.0 Å². The van der Waals surface area contributed by atoms with Crippen molar-refractivity contribution < 1.29 is 4.79 Å². The highest BCUT2D eigenvalue weighted by atomic mass is 79.9. The minimum atomic E-state index is -0.603. The first kappa shape index (κ1) is 13.9. The van der Waals surface area contributed by atoms with Crippen LogP contribution in [0.1, 0.15) is 32.4 Å². The minimum Gasteiger partial charge on any atom is -0.348 e. The van der Waals surface area contributed by atoms with Crippen molar-refractivity contribution in [1.82, 2.24) is 15.3 Å². The van der Waals surface area contributed by atoms with E-state index in [4.69, 9.17) is 0 Å². The predicted molar refractivity (Wildman–Crippen MR) is 78.5 cm³/mol. The first-order chi connectivity index (χ1) is 8.77. The molecule has 0 fully saturated rings. The third-order valence-corrected chi connectivity index (χ3v) is 3.29. The number of hydrogen-bond donors (Lipinski definition) is 3. The largest absolute Gasteiger partial charge is 0.348 e. The number of hydrogen-bond acceptors (Lipinski definition) is 2. The molecule has 1 aromatic carbocycles. The molecule has 2 aromatic rings. The average Bonchev–Trinajstić information content (AvgIpc) is 2.66. The van der Waals surface area contributed by atoms with E-state index in [1.165, 1.54) is 0 Å². The number of amides is 1. The Bertz CT molecular complexity index is 666. The summed E-state index contributed by atoms with van der Waals surface area (Å²) in [6.45, 7) is 5.49. The number of carbonyl (C=O) groups excluding carboxylic acids is 1. The minimum absolute atomic E-state index is 0.0809. The van der Waals surface area contributed by atoms with E-state index in [0.717, 1.165) is 16.6 Å². The van der Waals surface area contributed by atoms with E-state index in [-0.39, 0.29) is 17.6 Å². The average molecular weight is 326 g/mol. The summed E-state index contributed by atoms with van der Waals surface area (Å²) in [5.74, 6) is -0.0809. The number of nitrogens with one attached hydrogen (secondary N) is 3. The molecule has 0 bridgehead atoms. The van der Waals surface area contributed by atoms with E-state index in [2.05, 4.69) is 31.2 Å². The maximum absolute atomic E-state index is 11.9. The van der Waals surface area contributed by atoms with Crippen LogP contribution in [-0.4, -0.2) is 20.2 Å². The Balaban J connectivity index is 2.24. The number of aromatic amines is 2. The first-order valence-electron chi connectivity index (χ1n) is 5.99. The number of H-pyrrole nitrogens is 2. The number of imidazole rings is 1. The summed E-state index contributed by atoms with van der Waals surface area (Å²) >= 11 is 3.32. The third kappa shape index (κ3) is 3.07. The molecule has 0 radical (unpaired) electrons. The fourth-order valence-corrected chi connectivity index (χ4v) is 1.89. The smallest absolute Gasteiger partial charge is 0.323 e. The molecule has 6 heteroatoms. The maximum atomic E-state index is 11.9. The molecular weight excluding hydrogens is 310 g/mol. The van der Waals surface area contributed by atoms with Crippen molar-refractivity contribution >= 4 is 32.9 Å². The fraction of sp³-hybridized carbons (Fsp3) is 0.385. The maximum Gasteiger partial charge on any atom is 0.323 e. The van der Waals surface area contributed by atoms with Crippen molar-refractivity contribution in [2.24, 2.45) is 0 Å². The summed E-state index contributed by atoms with van der Waals surface area (Å²) < 4.78 is -0.603. The van der Waals surface area contributed by atoms with Gasteiger partial charge in [-0.25, -0.2) is 4.79 Å². The van der Waals surface area contributed by atoms with Crippen molar-refractivity contribution in [1.29, 1.82) is 0 Å². The lowest BCUT2D eigenvalue weighted by molar-refractivity contribution is -0.123. The van der Waals surface area contributed by atoms with Crippen LogP contribution in [0.4, 0.5) is 0 Å². The van der Waals surface area contributed by atoms with Gasteiger partial charge >= 0.3 is 5.69 Å². The van der Waals surface area contributed by atoms with Crippen LogP contribution in [0, 0.1) is 0 Å². The molecule has 1 amide bonds. The Morgan fingerprint density at radius 2 is 1.95 bits per heavy atom. The standard InChI is InChI=1S/C13H16BrN3O2/c1-7(15-11(18)13(2,3)14)8-4-5-9-10(6-8)17-12(19)16-9/h4-7H,1-3H3,(H,15,18)(H2,16,17,19). The Kier molecular flexibility index (Phi) is 3.54. The molecule has 19 heavy (non-hydrogen) atoms. The van der Waals surface area contributed by atoms with Gasteiger partial charge in [0, 0.05) is 0 Å². The zero-order chi connectivity index (χ0) is 14.2. The van der Waals surface area contributed by atoms with E-state index >= 15 is 0 Å². The van der Waals surface area contributed by atoms with E-state index in [0.29, 0.717) is 0 Å². The Hall–Kier alpha value is -1.56. The molecule has 5 nitrogen and oxygen atoms in total. The van der Waals surface area contributed by atoms with Crippen LogP contribution in [0.2, 0.25) is 0 Å². The molecule has 0 saturated carbocycles. The molecule has 2 rings (SSSR count). The highest BCUT2D eigenvalue weighted by molar-refractivity contribution is 9.10. The van der Waals surface area contributed by atoms with Crippen LogP contribution >= 0.6 is 15.9 Å². The second kappa shape index (κ2) is 4.85. The van der Waals surface area contributed by atoms with Gasteiger partial charge in [-0.3, -0.25) is 4.79 Å². The van der Waals surface area contributed by atoms with E-state index in [1.54, 1.807) is 13.8 Å². The van der Waals surface area contributed by atoms with Crippen molar-refractivity contribution in [3.05, 3.63) is 34.2 Å². The quantitative estimate of drug-likeness (QED) is 0.756. The lowest BCUT2D eigenvalue weighted by Crippen LogP contribution is -2.38. The van der Waals surface area contributed by atoms with Crippen molar-refractivity contribution in [3.63, 3.8) is 0 Å². The molecule has 0 aliphatic rings. The van der Waals surface area contributed by atoms with Gasteiger partial charge in [0.2, 0.25) is 5.91 Å². The molecule has 1 aromatic heterocycles.